The van der Waals surface area contributed by atoms with Crippen molar-refractivity contribution in [3.63, 3.8) is 0 Å². The summed E-state index contributed by atoms with van der Waals surface area (Å²) in [5.74, 6) is -7.42. The van der Waals surface area contributed by atoms with Gasteiger partial charge in [0.25, 0.3) is 0 Å². The molecule has 674 valence electrons. The Bertz CT molecular complexity index is 7160. The van der Waals surface area contributed by atoms with E-state index < -0.39 is 64.0 Å². The van der Waals surface area contributed by atoms with Gasteiger partial charge in [0.15, 0.2) is 69.7 Å². The van der Waals surface area contributed by atoms with Crippen molar-refractivity contribution in [1.29, 1.82) is 5.26 Å². The van der Waals surface area contributed by atoms with Gasteiger partial charge in [-0.3, -0.25) is 19.9 Å². The number of benzene rings is 6. The molecule has 0 amide bonds. The maximum Gasteiger partial charge on any atom is 0.224 e. The molecule has 0 spiro atoms. The molecular formula is C88H73F12N33. The van der Waals surface area contributed by atoms with E-state index in [9.17, 15) is 52.7 Å². The topological polar surface area (TPSA) is 380 Å². The smallest absolute Gasteiger partial charge is 0.224 e. The number of hydrogen-bond acceptors (Lipinski definition) is 27. The minimum absolute atomic E-state index is 0.0648. The fourth-order valence-electron chi connectivity index (χ4n) is 12.1. The molecule has 6 N–H and O–H groups in total. The minimum Gasteiger partial charge on any atom is -0.312 e. The van der Waals surface area contributed by atoms with Crippen LogP contribution < -0.4 is 32.6 Å². The Morgan fingerprint density at radius 1 is 0.278 bits per heavy atom. The summed E-state index contributed by atoms with van der Waals surface area (Å²) in [6, 6.07) is 39.5. The first kappa shape index (κ1) is 93.0. The minimum atomic E-state index is -0.975. The van der Waals surface area contributed by atoms with Gasteiger partial charge in [-0.2, -0.15) is 35.9 Å². The molecule has 12 aromatic heterocycles. The number of nitriles is 1. The number of fused-ring (bicyclic) bond motifs is 6. The van der Waals surface area contributed by atoms with E-state index in [-0.39, 0.29) is 23.0 Å². The largest absolute Gasteiger partial charge is 0.312 e. The second-order valence-corrected chi connectivity index (χ2v) is 28.3. The summed E-state index contributed by atoms with van der Waals surface area (Å²) < 4.78 is 168. The summed E-state index contributed by atoms with van der Waals surface area (Å²) >= 11 is 0. The van der Waals surface area contributed by atoms with E-state index in [1.807, 2.05) is 61.0 Å². The zero-order valence-corrected chi connectivity index (χ0v) is 71.7. The molecule has 0 bridgehead atoms. The molecule has 18 rings (SSSR count). The second kappa shape index (κ2) is 41.9. The third-order valence-corrected chi connectivity index (χ3v) is 19.4. The van der Waals surface area contributed by atoms with Crippen LogP contribution in [0.2, 0.25) is 0 Å². The number of rotatable bonds is 18. The van der Waals surface area contributed by atoms with Crippen LogP contribution in [0.5, 0.6) is 0 Å². The molecular weight excluding hydrogens is 1750 g/mol. The van der Waals surface area contributed by atoms with E-state index in [0.717, 1.165) is 89.5 Å². The van der Waals surface area contributed by atoms with Crippen LogP contribution in [0.15, 0.2) is 238 Å². The van der Waals surface area contributed by atoms with Gasteiger partial charge in [-0.1, -0.05) is 18.2 Å². The molecule has 0 saturated heterocycles. The molecule has 0 fully saturated rings. The molecule has 0 unspecified atom stereocenters. The molecule has 0 aliphatic rings. The van der Waals surface area contributed by atoms with Crippen molar-refractivity contribution in [2.24, 2.45) is 72.9 Å². The van der Waals surface area contributed by atoms with Crippen molar-refractivity contribution in [3.8, 4) is 6.07 Å². The van der Waals surface area contributed by atoms with E-state index in [1.54, 1.807) is 155 Å². The standard InChI is InChI=1S/C15H12F3N5.C15H10F2N6.C15H13F2N5.C15H14FN5.2C14H12F2N6/c1-8(12-4-3-9(16)7-19-12)21-22-15-20-13-5-10(17)11(18)6-14(13)23(15)2;1-23-14-7-10(17)9(16)6-12(14)20-15(23)22-21-13(8-18)11-4-2-3-5-19-11;1-9(12-5-3-4-6-18-12)20-21-15-19-13-7-10(16)11(17)8-14(13)22(15)2;1-10(12-5-3-4-8-17-12)19-20-15-18-13-9-11(16)6-7-14(13)21(15)2;1-8(11-3-4-17-7-18-11)20-21-14-19-12-5-9(15)10(16)6-13(12)22(14)2;1-8(13-17-4-3-5-18-13)20-21-14-19-11-6-9(15)10(16)7-12(11)22(14)2/h3-7H,1-2H3,(H,20,22);2-7H,1H3,(H,20,22);3-8H,1-2H3,(H,19,21);3-9H,1-2H3,(H,18,20);2*3-7H,1-2H3,(H,19,21)/b21-8+;21-13+;20-9+;19-10+;2*20-8+. The Hall–Kier alpha value is -17.6. The number of nitrogens with zero attached hydrogens (tertiary/aromatic N) is 27. The predicted octanol–water partition coefficient (Wildman–Crippen LogP) is 16.8. The number of aromatic nitrogens is 20. The van der Waals surface area contributed by atoms with Crippen LogP contribution >= 0.6 is 0 Å². The first-order valence-electron chi connectivity index (χ1n) is 39.2. The van der Waals surface area contributed by atoms with Gasteiger partial charge < -0.3 is 27.4 Å². The summed E-state index contributed by atoms with van der Waals surface area (Å²) in [5, 5.41) is 34.0. The lowest BCUT2D eigenvalue weighted by atomic mass is 10.2. The maximum atomic E-state index is 13.3. The molecule has 0 aliphatic heterocycles. The lowest BCUT2D eigenvalue weighted by Gasteiger charge is -2.03. The molecule has 0 saturated carbocycles. The molecule has 0 atom stereocenters. The lowest BCUT2D eigenvalue weighted by molar-refractivity contribution is 0.510. The first-order valence-corrected chi connectivity index (χ1v) is 39.2. The fraction of sp³-hybridized carbons (Fsp3) is 0.125. The first-order chi connectivity index (χ1) is 63.9. The number of nitrogens with one attached hydrogen (secondary N) is 6. The Kier molecular flexibility index (Phi) is 29.3. The van der Waals surface area contributed by atoms with Crippen molar-refractivity contribution >= 4 is 136 Å². The normalized spacial score (nSPS) is 11.8. The third-order valence-electron chi connectivity index (χ3n) is 19.4. The summed E-state index contributed by atoms with van der Waals surface area (Å²) in [6.45, 7) is 8.87. The quantitative estimate of drug-likeness (QED) is 0.0264. The number of hydrogen-bond donors (Lipinski definition) is 6. The Morgan fingerprint density at radius 3 is 0.887 bits per heavy atom. The summed E-state index contributed by atoms with van der Waals surface area (Å²) in [4.78, 5) is 57.5. The van der Waals surface area contributed by atoms with E-state index in [1.165, 1.54) is 35.2 Å². The average molecular weight is 1820 g/mol. The second-order valence-electron chi connectivity index (χ2n) is 28.3. The lowest BCUT2D eigenvalue weighted by Crippen LogP contribution is -2.06. The molecule has 133 heavy (non-hydrogen) atoms. The third kappa shape index (κ3) is 22.5. The van der Waals surface area contributed by atoms with Gasteiger partial charge in [0.05, 0.1) is 118 Å². The zero-order chi connectivity index (χ0) is 94.8. The number of pyridine rings is 4. The average Bonchev–Trinajstić information content (AvgIpc) is 1.69. The number of halogens is 12. The van der Waals surface area contributed by atoms with Gasteiger partial charge in [0.2, 0.25) is 35.7 Å². The van der Waals surface area contributed by atoms with Crippen molar-refractivity contribution < 1.29 is 52.7 Å². The molecule has 18 aromatic rings. The van der Waals surface area contributed by atoms with Crippen molar-refractivity contribution in [2.45, 2.75) is 34.6 Å². The highest BCUT2D eigenvalue weighted by Crippen LogP contribution is 2.28. The monoisotopic (exact) mass is 1820 g/mol. The Morgan fingerprint density at radius 2 is 0.571 bits per heavy atom. The van der Waals surface area contributed by atoms with Crippen LogP contribution in [0.4, 0.5) is 88.4 Å². The number of hydrazone groups is 6. The van der Waals surface area contributed by atoms with E-state index in [4.69, 9.17) is 5.26 Å². The van der Waals surface area contributed by atoms with Gasteiger partial charge in [-0.05, 0) is 107 Å². The number of aryl methyl sites for hydroxylation is 6. The molecule has 45 heteroatoms. The van der Waals surface area contributed by atoms with E-state index in [0.29, 0.717) is 131 Å². The predicted molar refractivity (Wildman–Crippen MR) is 480 cm³/mol. The van der Waals surface area contributed by atoms with Crippen LogP contribution in [0.1, 0.15) is 68.9 Å². The summed E-state index contributed by atoms with van der Waals surface area (Å²) in [5.41, 5.74) is 28.1. The van der Waals surface area contributed by atoms with Gasteiger partial charge in [0.1, 0.15) is 35.4 Å². The van der Waals surface area contributed by atoms with Gasteiger partial charge in [0, 0.05) is 146 Å². The van der Waals surface area contributed by atoms with Crippen LogP contribution in [0.25, 0.3) is 66.2 Å². The fourth-order valence-corrected chi connectivity index (χ4v) is 12.1. The summed E-state index contributed by atoms with van der Waals surface area (Å²) in [7, 11) is 10.2. The number of imidazole rings is 6. The van der Waals surface area contributed by atoms with Crippen molar-refractivity contribution in [3.05, 3.63) is 312 Å². The molecule has 33 nitrogen and oxygen atoms in total. The van der Waals surface area contributed by atoms with E-state index >= 15 is 0 Å². The van der Waals surface area contributed by atoms with Crippen LogP contribution in [-0.2, 0) is 42.3 Å². The van der Waals surface area contributed by atoms with Crippen molar-refractivity contribution in [2.75, 3.05) is 32.6 Å². The van der Waals surface area contributed by atoms with Crippen LogP contribution in [0.3, 0.4) is 0 Å². The van der Waals surface area contributed by atoms with Gasteiger partial charge in [-0.25, -0.2) is 135 Å². The molecule has 6 aromatic carbocycles. The summed E-state index contributed by atoms with van der Waals surface area (Å²) in [6.07, 6.45) is 12.3. The van der Waals surface area contributed by atoms with Crippen molar-refractivity contribution in [1.82, 2.24) is 97.2 Å². The maximum absolute atomic E-state index is 13.3. The highest BCUT2D eigenvalue weighted by molar-refractivity contribution is 6.10. The van der Waals surface area contributed by atoms with Crippen LogP contribution in [0, 0.1) is 81.1 Å². The Balaban J connectivity index is 0.000000136. The van der Waals surface area contributed by atoms with Gasteiger partial charge >= 0.3 is 0 Å². The number of anilines is 6. The highest BCUT2D eigenvalue weighted by Gasteiger charge is 2.20. The molecule has 0 radical (unpaired) electrons. The SMILES string of the molecule is C/C(=N\Nc1nc2cc(F)c(F)cc2n1C)c1ccc(F)cn1.C/C(=N\Nc1nc2cc(F)c(F)cc2n1C)c1ccccn1.C/C(=N\Nc1nc2cc(F)c(F)cc2n1C)c1ccncn1.C/C(=N\Nc1nc2cc(F)c(F)cc2n1C)c1ncccn1.C/C(=N\Nc1nc2cc(F)ccc2n1C)c1ccccn1.Cn1c(N/N=C(\C#N)c2ccccn2)nc2cc(F)c(F)cc21. The Labute approximate surface area is 745 Å². The molecule has 12 heterocycles. The zero-order valence-electron chi connectivity index (χ0n) is 71.7. The van der Waals surface area contributed by atoms with Gasteiger partial charge in [-0.15, -0.1) is 0 Å². The van der Waals surface area contributed by atoms with Crippen LogP contribution in [-0.4, -0.2) is 131 Å². The van der Waals surface area contributed by atoms with E-state index in [2.05, 4.69) is 133 Å². The molecule has 0 aliphatic carbocycles. The highest BCUT2D eigenvalue weighted by atomic mass is 19.2.